The summed E-state index contributed by atoms with van der Waals surface area (Å²) in [5.74, 6) is 0.773. The van der Waals surface area contributed by atoms with Crippen molar-refractivity contribution in [3.63, 3.8) is 0 Å². The average molecular weight is 288 g/mol. The van der Waals surface area contributed by atoms with Crippen molar-refractivity contribution in [1.29, 1.82) is 0 Å². The van der Waals surface area contributed by atoms with Crippen LogP contribution in [-0.4, -0.2) is 38.3 Å². The smallest absolute Gasteiger partial charge is 0.249 e. The third kappa shape index (κ3) is 2.50. The second-order valence-corrected chi connectivity index (χ2v) is 6.06. The second kappa shape index (κ2) is 5.09. The highest BCUT2D eigenvalue weighted by molar-refractivity contribution is 5.99. The molecule has 1 aliphatic heterocycles. The van der Waals surface area contributed by atoms with Crippen LogP contribution in [0.4, 0.5) is 0 Å². The molecular formula is C15H20N4O2. The summed E-state index contributed by atoms with van der Waals surface area (Å²) in [7, 11) is 0. The first kappa shape index (κ1) is 14.0. The molecule has 2 amide bonds. The van der Waals surface area contributed by atoms with E-state index in [1.807, 2.05) is 6.92 Å². The van der Waals surface area contributed by atoms with Crippen molar-refractivity contribution in [2.45, 2.75) is 51.2 Å². The number of piperazine rings is 1. The van der Waals surface area contributed by atoms with Crippen LogP contribution in [0.2, 0.25) is 0 Å². The minimum Gasteiger partial charge on any atom is -0.340 e. The summed E-state index contributed by atoms with van der Waals surface area (Å²) >= 11 is 0. The highest BCUT2D eigenvalue weighted by atomic mass is 16.2. The molecule has 1 aliphatic carbocycles. The Morgan fingerprint density at radius 3 is 2.57 bits per heavy atom. The predicted octanol–water partition coefficient (Wildman–Crippen LogP) is 0.882. The van der Waals surface area contributed by atoms with Gasteiger partial charge in [0.15, 0.2) is 0 Å². The molecule has 0 bridgehead atoms. The first-order valence-electron chi connectivity index (χ1n) is 7.44. The number of amides is 2. The van der Waals surface area contributed by atoms with Crippen molar-refractivity contribution >= 4 is 11.8 Å². The predicted molar refractivity (Wildman–Crippen MR) is 75.9 cm³/mol. The molecule has 112 valence electrons. The van der Waals surface area contributed by atoms with E-state index in [0.717, 1.165) is 12.8 Å². The van der Waals surface area contributed by atoms with Gasteiger partial charge in [-0.3, -0.25) is 9.59 Å². The van der Waals surface area contributed by atoms with Gasteiger partial charge < -0.3 is 10.2 Å². The van der Waals surface area contributed by atoms with Gasteiger partial charge in [0.25, 0.3) is 0 Å². The quantitative estimate of drug-likeness (QED) is 0.892. The number of nitrogens with one attached hydrogen (secondary N) is 1. The molecule has 3 rings (SSSR count). The summed E-state index contributed by atoms with van der Waals surface area (Å²) in [6.45, 7) is 3.99. The molecular weight excluding hydrogens is 268 g/mol. The van der Waals surface area contributed by atoms with Gasteiger partial charge in [0.2, 0.25) is 11.8 Å². The van der Waals surface area contributed by atoms with E-state index >= 15 is 0 Å². The van der Waals surface area contributed by atoms with Crippen LogP contribution in [0.3, 0.4) is 0 Å². The minimum absolute atomic E-state index is 0.0334. The maximum Gasteiger partial charge on any atom is 0.249 e. The molecule has 2 unspecified atom stereocenters. The Kier molecular flexibility index (Phi) is 3.39. The van der Waals surface area contributed by atoms with Gasteiger partial charge in [0, 0.05) is 12.4 Å². The van der Waals surface area contributed by atoms with Gasteiger partial charge in [-0.25, -0.2) is 9.97 Å². The van der Waals surface area contributed by atoms with Gasteiger partial charge in [0.05, 0.1) is 6.54 Å². The Bertz CT molecular complexity index is 558. The van der Waals surface area contributed by atoms with Crippen molar-refractivity contribution in [3.05, 3.63) is 24.3 Å². The van der Waals surface area contributed by atoms with E-state index in [4.69, 9.17) is 0 Å². The molecule has 0 spiro atoms. The molecule has 1 saturated carbocycles. The fourth-order valence-electron chi connectivity index (χ4n) is 2.84. The molecule has 2 atom stereocenters. The standard InChI is InChI=1S/C15H20N4O2/c1-3-15(2)14(21)19(9-11-16-7-4-8-17-11)12(10-5-6-10)13(20)18-15/h4,7-8,10,12H,3,5-6,9H2,1-2H3,(H,18,20). The van der Waals surface area contributed by atoms with Gasteiger partial charge in [-0.05, 0) is 38.2 Å². The molecule has 0 radical (unpaired) electrons. The van der Waals surface area contributed by atoms with E-state index in [2.05, 4.69) is 15.3 Å². The van der Waals surface area contributed by atoms with Crippen molar-refractivity contribution < 1.29 is 9.59 Å². The Hall–Kier alpha value is -1.98. The average Bonchev–Trinajstić information content (AvgIpc) is 3.30. The fourth-order valence-corrected chi connectivity index (χ4v) is 2.84. The van der Waals surface area contributed by atoms with E-state index in [0.29, 0.717) is 18.8 Å². The maximum atomic E-state index is 12.8. The van der Waals surface area contributed by atoms with Crippen LogP contribution in [0.15, 0.2) is 18.5 Å². The van der Waals surface area contributed by atoms with E-state index in [9.17, 15) is 9.59 Å². The van der Waals surface area contributed by atoms with Gasteiger partial charge in [-0.15, -0.1) is 0 Å². The number of hydrogen-bond acceptors (Lipinski definition) is 4. The Morgan fingerprint density at radius 2 is 2.00 bits per heavy atom. The lowest BCUT2D eigenvalue weighted by molar-refractivity contribution is -0.156. The van der Waals surface area contributed by atoms with Crippen LogP contribution in [0.5, 0.6) is 0 Å². The van der Waals surface area contributed by atoms with Crippen LogP contribution < -0.4 is 5.32 Å². The molecule has 0 aromatic carbocycles. The SMILES string of the molecule is CCC1(C)NC(=O)C(C2CC2)N(Cc2ncccn2)C1=O. The number of rotatable bonds is 4. The van der Waals surface area contributed by atoms with Crippen LogP contribution in [0.1, 0.15) is 38.9 Å². The second-order valence-electron chi connectivity index (χ2n) is 6.06. The summed E-state index contributed by atoms with van der Waals surface area (Å²) in [5.41, 5.74) is -0.822. The zero-order valence-corrected chi connectivity index (χ0v) is 12.4. The Balaban J connectivity index is 1.91. The highest BCUT2D eigenvalue weighted by Gasteiger charge is 2.52. The Morgan fingerprint density at radius 1 is 1.33 bits per heavy atom. The van der Waals surface area contributed by atoms with Gasteiger partial charge in [-0.1, -0.05) is 6.92 Å². The van der Waals surface area contributed by atoms with Gasteiger partial charge >= 0.3 is 0 Å². The topological polar surface area (TPSA) is 75.2 Å². The first-order chi connectivity index (χ1) is 10.0. The molecule has 6 nitrogen and oxygen atoms in total. The maximum absolute atomic E-state index is 12.8. The van der Waals surface area contributed by atoms with Crippen molar-refractivity contribution in [2.24, 2.45) is 5.92 Å². The Labute approximate surface area is 124 Å². The van der Waals surface area contributed by atoms with Crippen molar-refractivity contribution in [1.82, 2.24) is 20.2 Å². The van der Waals surface area contributed by atoms with Gasteiger partial charge in [0.1, 0.15) is 17.4 Å². The highest BCUT2D eigenvalue weighted by Crippen LogP contribution is 2.39. The van der Waals surface area contributed by atoms with Crippen LogP contribution in [-0.2, 0) is 16.1 Å². The number of carbonyl (C=O) groups is 2. The normalized spacial score (nSPS) is 29.4. The molecule has 21 heavy (non-hydrogen) atoms. The molecule has 2 fully saturated rings. The summed E-state index contributed by atoms with van der Waals surface area (Å²) < 4.78 is 0. The third-order valence-electron chi connectivity index (χ3n) is 4.44. The monoisotopic (exact) mass is 288 g/mol. The fraction of sp³-hybridized carbons (Fsp3) is 0.600. The lowest BCUT2D eigenvalue weighted by Crippen LogP contribution is -2.69. The summed E-state index contributed by atoms with van der Waals surface area (Å²) in [6.07, 6.45) is 5.88. The van der Waals surface area contributed by atoms with E-state index in [1.165, 1.54) is 0 Å². The van der Waals surface area contributed by atoms with E-state index in [-0.39, 0.29) is 23.8 Å². The molecule has 2 aliphatic rings. The summed E-state index contributed by atoms with van der Waals surface area (Å²) in [6, 6.07) is 1.36. The minimum atomic E-state index is -0.822. The number of aromatic nitrogens is 2. The summed E-state index contributed by atoms with van der Waals surface area (Å²) in [5, 5.41) is 2.91. The molecule has 2 heterocycles. The lowest BCUT2D eigenvalue weighted by atomic mass is 9.90. The van der Waals surface area contributed by atoms with Crippen LogP contribution >= 0.6 is 0 Å². The number of hydrogen-bond donors (Lipinski definition) is 1. The van der Waals surface area contributed by atoms with E-state index < -0.39 is 5.54 Å². The summed E-state index contributed by atoms with van der Waals surface area (Å²) in [4.78, 5) is 35.3. The largest absolute Gasteiger partial charge is 0.340 e. The molecule has 6 heteroatoms. The number of nitrogens with zero attached hydrogens (tertiary/aromatic N) is 3. The molecule has 1 aromatic rings. The molecule has 1 N–H and O–H groups in total. The van der Waals surface area contributed by atoms with Gasteiger partial charge in [-0.2, -0.15) is 0 Å². The zero-order valence-electron chi connectivity index (χ0n) is 12.4. The van der Waals surface area contributed by atoms with Crippen molar-refractivity contribution in [3.8, 4) is 0 Å². The van der Waals surface area contributed by atoms with Crippen LogP contribution in [0.25, 0.3) is 0 Å². The zero-order chi connectivity index (χ0) is 15.0. The van der Waals surface area contributed by atoms with Crippen molar-refractivity contribution in [2.75, 3.05) is 0 Å². The first-order valence-corrected chi connectivity index (χ1v) is 7.44. The van der Waals surface area contributed by atoms with Crippen LogP contribution in [0, 0.1) is 5.92 Å². The lowest BCUT2D eigenvalue weighted by Gasteiger charge is -2.44. The third-order valence-corrected chi connectivity index (χ3v) is 4.44. The van der Waals surface area contributed by atoms with E-state index in [1.54, 1.807) is 30.3 Å². The number of carbonyl (C=O) groups excluding carboxylic acids is 2. The molecule has 1 saturated heterocycles. The molecule has 1 aromatic heterocycles.